The van der Waals surface area contributed by atoms with Crippen molar-refractivity contribution in [1.82, 2.24) is 0 Å². The predicted molar refractivity (Wildman–Crippen MR) is 181 cm³/mol. The molecule has 0 atom stereocenters. The van der Waals surface area contributed by atoms with E-state index in [-0.39, 0.29) is 0 Å². The summed E-state index contributed by atoms with van der Waals surface area (Å²) in [5.74, 6) is 0. The molecule has 42 heavy (non-hydrogen) atoms. The van der Waals surface area contributed by atoms with Gasteiger partial charge in [-0.25, -0.2) is 0 Å². The molecule has 0 unspecified atom stereocenters. The van der Waals surface area contributed by atoms with Crippen molar-refractivity contribution in [2.45, 2.75) is 12.8 Å². The van der Waals surface area contributed by atoms with Gasteiger partial charge in [0.1, 0.15) is 0 Å². The fraction of sp³-hybridized carbons (Fsp3) is 0.0476. The number of fused-ring (bicyclic) bond motifs is 3. The Hall–Kier alpha value is -5.20. The summed E-state index contributed by atoms with van der Waals surface area (Å²) in [5.41, 5.74) is 13.1. The summed E-state index contributed by atoms with van der Waals surface area (Å²) in [6, 6.07) is 53.2. The first-order valence-electron chi connectivity index (χ1n) is 14.8. The number of allylic oxidation sites excluding steroid dienone is 1. The molecule has 0 fully saturated rings. The Morgan fingerprint density at radius 2 is 0.976 bits per heavy atom. The summed E-state index contributed by atoms with van der Waals surface area (Å²) in [4.78, 5) is 0. The molecule has 0 aromatic heterocycles. The van der Waals surface area contributed by atoms with Crippen molar-refractivity contribution < 1.29 is 0 Å². The Labute approximate surface area is 247 Å². The van der Waals surface area contributed by atoms with E-state index in [0.717, 1.165) is 12.8 Å². The third-order valence-electron chi connectivity index (χ3n) is 8.72. The molecule has 1 aliphatic carbocycles. The Morgan fingerprint density at radius 3 is 1.76 bits per heavy atom. The maximum absolute atomic E-state index is 2.37. The summed E-state index contributed by atoms with van der Waals surface area (Å²) in [7, 11) is 0. The van der Waals surface area contributed by atoms with Crippen LogP contribution in [0.25, 0.3) is 72.1 Å². The Morgan fingerprint density at radius 1 is 0.381 bits per heavy atom. The highest BCUT2D eigenvalue weighted by molar-refractivity contribution is 6.10. The van der Waals surface area contributed by atoms with Gasteiger partial charge in [0.25, 0.3) is 0 Å². The van der Waals surface area contributed by atoms with Crippen LogP contribution < -0.4 is 0 Å². The molecule has 0 bridgehead atoms. The van der Waals surface area contributed by atoms with E-state index in [9.17, 15) is 0 Å². The average Bonchev–Trinajstić information content (AvgIpc) is 3.07. The lowest BCUT2D eigenvalue weighted by Gasteiger charge is -2.24. The molecule has 0 heterocycles. The first-order valence-corrected chi connectivity index (χ1v) is 14.8. The molecule has 0 saturated carbocycles. The van der Waals surface area contributed by atoms with Crippen molar-refractivity contribution in [3.8, 4) is 44.5 Å². The molecule has 7 aromatic carbocycles. The molecule has 0 saturated heterocycles. The van der Waals surface area contributed by atoms with Crippen LogP contribution in [0.1, 0.15) is 17.5 Å². The highest BCUT2D eigenvalue weighted by Gasteiger charge is 2.21. The average molecular weight is 535 g/mol. The van der Waals surface area contributed by atoms with E-state index in [2.05, 4.69) is 158 Å². The molecule has 0 N–H and O–H groups in total. The van der Waals surface area contributed by atoms with E-state index in [1.54, 1.807) is 0 Å². The van der Waals surface area contributed by atoms with Crippen LogP contribution in [0.15, 0.2) is 152 Å². The molecule has 0 aliphatic heterocycles. The van der Waals surface area contributed by atoms with Gasteiger partial charge in [-0.2, -0.15) is 0 Å². The molecule has 1 aliphatic rings. The summed E-state index contributed by atoms with van der Waals surface area (Å²) in [6.45, 7) is 0. The zero-order chi connectivity index (χ0) is 27.9. The van der Waals surface area contributed by atoms with Gasteiger partial charge in [0, 0.05) is 0 Å². The van der Waals surface area contributed by atoms with Crippen LogP contribution in [0.3, 0.4) is 0 Å². The van der Waals surface area contributed by atoms with Crippen molar-refractivity contribution in [3.05, 3.63) is 163 Å². The van der Waals surface area contributed by atoms with Gasteiger partial charge in [-0.1, -0.05) is 146 Å². The van der Waals surface area contributed by atoms with Gasteiger partial charge in [0.15, 0.2) is 0 Å². The second-order valence-corrected chi connectivity index (χ2v) is 11.2. The molecule has 0 spiro atoms. The lowest BCUT2D eigenvalue weighted by molar-refractivity contribution is 0.991. The van der Waals surface area contributed by atoms with Crippen LogP contribution >= 0.6 is 0 Å². The van der Waals surface area contributed by atoms with Crippen LogP contribution in [0.5, 0.6) is 0 Å². The SMILES string of the molecule is C1=Cc2c(c(-c3ccc4ccccc4c3)c3ccccc3c2-c2ccc(-c3cccc(-c4ccccc4)c3)cc2)CC1. The van der Waals surface area contributed by atoms with Gasteiger partial charge in [-0.3, -0.25) is 0 Å². The Bertz CT molecular complexity index is 2110. The van der Waals surface area contributed by atoms with Crippen LogP contribution in [0.4, 0.5) is 0 Å². The van der Waals surface area contributed by atoms with Gasteiger partial charge in [0.05, 0.1) is 0 Å². The third kappa shape index (κ3) is 4.24. The molecule has 198 valence electrons. The van der Waals surface area contributed by atoms with E-state index in [1.165, 1.54) is 77.2 Å². The zero-order valence-corrected chi connectivity index (χ0v) is 23.4. The maximum Gasteiger partial charge on any atom is -0.00297 e. The van der Waals surface area contributed by atoms with E-state index >= 15 is 0 Å². The number of rotatable bonds is 4. The lowest BCUT2D eigenvalue weighted by atomic mass is 9.80. The molecular weight excluding hydrogens is 504 g/mol. The Balaban J connectivity index is 1.28. The molecule has 0 amide bonds. The highest BCUT2D eigenvalue weighted by atomic mass is 14.2. The van der Waals surface area contributed by atoms with Gasteiger partial charge >= 0.3 is 0 Å². The van der Waals surface area contributed by atoms with Gasteiger partial charge < -0.3 is 0 Å². The fourth-order valence-electron chi connectivity index (χ4n) is 6.71. The monoisotopic (exact) mass is 534 g/mol. The molecule has 0 heteroatoms. The maximum atomic E-state index is 2.37. The third-order valence-corrected chi connectivity index (χ3v) is 8.72. The minimum Gasteiger partial charge on any atom is -0.0836 e. The summed E-state index contributed by atoms with van der Waals surface area (Å²) in [6.07, 6.45) is 6.83. The topological polar surface area (TPSA) is 0 Å². The standard InChI is InChI=1S/C42H30/c1-2-11-29(12-3-1)34-15-10-16-35(27-34)31-21-24-32(25-22-31)41-37-17-6-8-19-39(37)42(40-20-9-7-18-38(40)41)36-26-23-30-13-4-5-14-33(30)28-36/h1-8,10-19,21-28H,9,20H2. The summed E-state index contributed by atoms with van der Waals surface area (Å²) < 4.78 is 0. The largest absolute Gasteiger partial charge is 0.0836 e. The second-order valence-electron chi connectivity index (χ2n) is 11.2. The van der Waals surface area contributed by atoms with Crippen molar-refractivity contribution >= 4 is 27.6 Å². The van der Waals surface area contributed by atoms with E-state index in [0.29, 0.717) is 0 Å². The number of benzene rings is 7. The fourth-order valence-corrected chi connectivity index (χ4v) is 6.71. The van der Waals surface area contributed by atoms with Crippen LogP contribution in [-0.4, -0.2) is 0 Å². The predicted octanol–water partition coefficient (Wildman–Crippen LogP) is 11.6. The first kappa shape index (κ1) is 24.6. The van der Waals surface area contributed by atoms with Crippen LogP contribution in [0.2, 0.25) is 0 Å². The lowest BCUT2D eigenvalue weighted by Crippen LogP contribution is -2.02. The molecule has 7 aromatic rings. The number of hydrogen-bond donors (Lipinski definition) is 0. The molecule has 0 nitrogen and oxygen atoms in total. The van der Waals surface area contributed by atoms with E-state index in [4.69, 9.17) is 0 Å². The quantitative estimate of drug-likeness (QED) is 0.211. The Kier molecular flexibility index (Phi) is 6.04. The highest BCUT2D eigenvalue weighted by Crippen LogP contribution is 2.45. The molecule has 0 radical (unpaired) electrons. The van der Waals surface area contributed by atoms with Crippen molar-refractivity contribution in [2.24, 2.45) is 0 Å². The van der Waals surface area contributed by atoms with E-state index in [1.807, 2.05) is 0 Å². The van der Waals surface area contributed by atoms with Crippen molar-refractivity contribution in [1.29, 1.82) is 0 Å². The second kappa shape index (κ2) is 10.3. The van der Waals surface area contributed by atoms with Gasteiger partial charge in [0.2, 0.25) is 0 Å². The summed E-state index contributed by atoms with van der Waals surface area (Å²) >= 11 is 0. The van der Waals surface area contributed by atoms with Crippen molar-refractivity contribution in [2.75, 3.05) is 0 Å². The smallest absolute Gasteiger partial charge is 0.00297 e. The minimum absolute atomic E-state index is 1.05. The van der Waals surface area contributed by atoms with E-state index < -0.39 is 0 Å². The van der Waals surface area contributed by atoms with Crippen molar-refractivity contribution in [3.63, 3.8) is 0 Å². The minimum atomic E-state index is 1.05. The zero-order valence-electron chi connectivity index (χ0n) is 23.4. The van der Waals surface area contributed by atoms with Gasteiger partial charge in [-0.15, -0.1) is 0 Å². The first-order chi connectivity index (χ1) is 20.8. The molecular formula is C42H30. The molecule has 8 rings (SSSR count). The van der Waals surface area contributed by atoms with Crippen LogP contribution in [-0.2, 0) is 6.42 Å². The van der Waals surface area contributed by atoms with Gasteiger partial charge in [-0.05, 0) is 102 Å². The summed E-state index contributed by atoms with van der Waals surface area (Å²) in [5, 5.41) is 5.21. The number of hydrogen-bond acceptors (Lipinski definition) is 0. The van der Waals surface area contributed by atoms with Crippen LogP contribution in [0, 0.1) is 0 Å². The normalized spacial score (nSPS) is 12.5.